The van der Waals surface area contributed by atoms with Gasteiger partial charge in [0.1, 0.15) is 6.54 Å². The van der Waals surface area contributed by atoms with E-state index in [1.165, 1.54) is 9.21 Å². The van der Waals surface area contributed by atoms with Crippen molar-refractivity contribution in [3.63, 3.8) is 0 Å². The molecule has 0 atom stereocenters. The first-order chi connectivity index (χ1) is 17.9. The summed E-state index contributed by atoms with van der Waals surface area (Å²) in [6.07, 6.45) is 0. The zero-order valence-electron chi connectivity index (χ0n) is 22.1. The molecule has 3 aromatic rings. The molecular weight excluding hydrogens is 522 g/mol. The third kappa shape index (κ3) is 5.92. The maximum Gasteiger partial charge on any atom is 0.264 e. The van der Waals surface area contributed by atoms with Crippen LogP contribution in [0.15, 0.2) is 76.5 Å². The highest BCUT2D eigenvalue weighted by atomic mass is 32.2. The average molecular weight is 556 g/mol. The van der Waals surface area contributed by atoms with Gasteiger partial charge in [0, 0.05) is 26.2 Å². The number of rotatable bonds is 7. The molecule has 0 aromatic heterocycles. The summed E-state index contributed by atoms with van der Waals surface area (Å²) < 4.78 is 56.0. The molecule has 1 aliphatic rings. The van der Waals surface area contributed by atoms with Crippen molar-refractivity contribution in [3.05, 3.63) is 89.0 Å². The van der Waals surface area contributed by atoms with Gasteiger partial charge in [-0.1, -0.05) is 41.5 Å². The molecule has 0 bridgehead atoms. The van der Waals surface area contributed by atoms with E-state index >= 15 is 0 Å². The highest BCUT2D eigenvalue weighted by molar-refractivity contribution is 7.92. The summed E-state index contributed by atoms with van der Waals surface area (Å²) >= 11 is 0. The third-order valence-electron chi connectivity index (χ3n) is 6.63. The van der Waals surface area contributed by atoms with E-state index in [9.17, 15) is 21.6 Å². The summed E-state index contributed by atoms with van der Waals surface area (Å²) in [7, 11) is -7.71. The number of anilines is 1. The number of benzene rings is 3. The largest absolute Gasteiger partial charge is 0.338 e. The number of aryl methyl sites for hydroxylation is 4. The fourth-order valence-electron chi connectivity index (χ4n) is 4.51. The van der Waals surface area contributed by atoms with Gasteiger partial charge >= 0.3 is 0 Å². The number of sulfonamides is 2. The van der Waals surface area contributed by atoms with Gasteiger partial charge in [0.25, 0.3) is 10.0 Å². The van der Waals surface area contributed by atoms with Gasteiger partial charge in [-0.2, -0.15) is 4.31 Å². The van der Waals surface area contributed by atoms with Gasteiger partial charge in [0.05, 0.1) is 15.5 Å². The van der Waals surface area contributed by atoms with E-state index in [1.54, 1.807) is 60.7 Å². The molecule has 202 valence electrons. The van der Waals surface area contributed by atoms with E-state index in [4.69, 9.17) is 0 Å². The highest BCUT2D eigenvalue weighted by Gasteiger charge is 2.33. The van der Waals surface area contributed by atoms with E-state index in [1.807, 2.05) is 33.8 Å². The second-order valence-electron chi connectivity index (χ2n) is 9.77. The fourth-order valence-corrected chi connectivity index (χ4v) is 7.33. The Morgan fingerprint density at radius 1 is 0.684 bits per heavy atom. The van der Waals surface area contributed by atoms with Gasteiger partial charge in [-0.25, -0.2) is 16.8 Å². The molecule has 0 unspecified atom stereocenters. The van der Waals surface area contributed by atoms with Crippen molar-refractivity contribution in [2.24, 2.45) is 0 Å². The lowest BCUT2D eigenvalue weighted by atomic mass is 10.1. The van der Waals surface area contributed by atoms with Crippen molar-refractivity contribution < 1.29 is 21.6 Å². The molecule has 0 N–H and O–H groups in total. The zero-order chi connectivity index (χ0) is 27.7. The van der Waals surface area contributed by atoms with Gasteiger partial charge in [0.2, 0.25) is 15.9 Å². The summed E-state index contributed by atoms with van der Waals surface area (Å²) in [5.41, 5.74) is 4.07. The SMILES string of the molecule is Cc1ccc(S(=O)(=O)N2CCN(C(=O)CN(c3cc(C)cc(C)c3)S(=O)(=O)c3ccc(C)cc3)CC2)cc1. The standard InChI is InChI=1S/C28H33N3O5S2/c1-21-5-9-26(10-6-21)37(33,34)30-15-13-29(14-16-30)28(32)20-31(25-18-23(3)17-24(4)19-25)38(35,36)27-11-7-22(2)8-12-27/h5-12,17-19H,13-16,20H2,1-4H3. The smallest absolute Gasteiger partial charge is 0.264 e. The number of amides is 1. The molecule has 1 fully saturated rings. The first-order valence-electron chi connectivity index (χ1n) is 12.4. The molecule has 0 saturated carbocycles. The molecular formula is C28H33N3O5S2. The van der Waals surface area contributed by atoms with Gasteiger partial charge in [-0.05, 0) is 75.2 Å². The van der Waals surface area contributed by atoms with E-state index in [2.05, 4.69) is 0 Å². The lowest BCUT2D eigenvalue weighted by Gasteiger charge is -2.35. The Bertz CT molecular complexity index is 1510. The molecule has 8 nitrogen and oxygen atoms in total. The maximum absolute atomic E-state index is 13.7. The van der Waals surface area contributed by atoms with Gasteiger partial charge in [0.15, 0.2) is 0 Å². The number of hydrogen-bond donors (Lipinski definition) is 0. The number of hydrogen-bond acceptors (Lipinski definition) is 5. The molecule has 3 aromatic carbocycles. The minimum atomic E-state index is -4.03. The summed E-state index contributed by atoms with van der Waals surface area (Å²) in [6, 6.07) is 18.6. The van der Waals surface area contributed by atoms with Gasteiger partial charge in [-0.3, -0.25) is 9.10 Å². The molecule has 1 saturated heterocycles. The van der Waals surface area contributed by atoms with Crippen molar-refractivity contribution in [3.8, 4) is 0 Å². The van der Waals surface area contributed by atoms with Crippen LogP contribution in [0.4, 0.5) is 5.69 Å². The summed E-state index contributed by atoms with van der Waals surface area (Å²) in [5.74, 6) is -0.382. The van der Waals surface area contributed by atoms with Crippen LogP contribution in [0.5, 0.6) is 0 Å². The van der Waals surface area contributed by atoms with Gasteiger partial charge in [-0.15, -0.1) is 0 Å². The minimum absolute atomic E-state index is 0.101. The van der Waals surface area contributed by atoms with Crippen LogP contribution in [0, 0.1) is 27.7 Å². The Morgan fingerprint density at radius 3 is 1.66 bits per heavy atom. The number of carbonyl (C=O) groups excluding carboxylic acids is 1. The topological polar surface area (TPSA) is 95.1 Å². The van der Waals surface area contributed by atoms with Crippen LogP contribution in [-0.2, 0) is 24.8 Å². The van der Waals surface area contributed by atoms with Crippen LogP contribution in [0.2, 0.25) is 0 Å². The monoisotopic (exact) mass is 555 g/mol. The second-order valence-corrected chi connectivity index (χ2v) is 13.6. The van der Waals surface area contributed by atoms with E-state index < -0.39 is 20.0 Å². The van der Waals surface area contributed by atoms with E-state index in [0.717, 1.165) is 26.6 Å². The first-order valence-corrected chi connectivity index (χ1v) is 15.3. The Balaban J connectivity index is 1.55. The van der Waals surface area contributed by atoms with Crippen LogP contribution < -0.4 is 4.31 Å². The fraction of sp³-hybridized carbons (Fsp3) is 0.321. The summed E-state index contributed by atoms with van der Waals surface area (Å²) in [5, 5.41) is 0. The zero-order valence-corrected chi connectivity index (χ0v) is 23.7. The summed E-state index contributed by atoms with van der Waals surface area (Å²) in [6.45, 7) is 7.76. The second kappa shape index (κ2) is 10.9. The van der Waals surface area contributed by atoms with E-state index in [0.29, 0.717) is 5.69 Å². The van der Waals surface area contributed by atoms with Crippen LogP contribution in [0.3, 0.4) is 0 Å². The van der Waals surface area contributed by atoms with Crippen molar-refractivity contribution in [1.82, 2.24) is 9.21 Å². The molecule has 38 heavy (non-hydrogen) atoms. The first kappa shape index (κ1) is 27.8. The maximum atomic E-state index is 13.7. The van der Waals surface area contributed by atoms with Crippen molar-refractivity contribution in [1.29, 1.82) is 0 Å². The Labute approximate surface area is 225 Å². The van der Waals surface area contributed by atoms with Crippen LogP contribution in [0.25, 0.3) is 0 Å². The number of carbonyl (C=O) groups is 1. The van der Waals surface area contributed by atoms with Crippen molar-refractivity contribution >= 4 is 31.6 Å². The van der Waals surface area contributed by atoms with Crippen LogP contribution in [0.1, 0.15) is 22.3 Å². The average Bonchev–Trinajstić information content (AvgIpc) is 2.87. The molecule has 0 radical (unpaired) electrons. The molecule has 0 spiro atoms. The summed E-state index contributed by atoms with van der Waals surface area (Å²) in [4.78, 5) is 15.2. The lowest BCUT2D eigenvalue weighted by Crippen LogP contribution is -2.53. The normalized spacial score (nSPS) is 14.9. The quantitative estimate of drug-likeness (QED) is 0.444. The predicted octanol–water partition coefficient (Wildman–Crippen LogP) is 3.65. The predicted molar refractivity (Wildman–Crippen MR) is 148 cm³/mol. The molecule has 1 aliphatic heterocycles. The molecule has 0 aliphatic carbocycles. The third-order valence-corrected chi connectivity index (χ3v) is 10.3. The molecule has 4 rings (SSSR count). The van der Waals surface area contributed by atoms with Crippen LogP contribution >= 0.6 is 0 Å². The molecule has 1 amide bonds. The van der Waals surface area contributed by atoms with Gasteiger partial charge < -0.3 is 4.90 Å². The Kier molecular flexibility index (Phi) is 7.96. The minimum Gasteiger partial charge on any atom is -0.338 e. The van der Waals surface area contributed by atoms with Crippen molar-refractivity contribution in [2.45, 2.75) is 37.5 Å². The van der Waals surface area contributed by atoms with E-state index in [-0.39, 0.29) is 48.4 Å². The van der Waals surface area contributed by atoms with Crippen LogP contribution in [-0.4, -0.2) is 64.7 Å². The number of nitrogens with zero attached hydrogens (tertiary/aromatic N) is 3. The Hall–Kier alpha value is -3.21. The number of piperazine rings is 1. The molecule has 1 heterocycles. The molecule has 10 heteroatoms. The lowest BCUT2D eigenvalue weighted by molar-refractivity contribution is -0.130. The highest BCUT2D eigenvalue weighted by Crippen LogP contribution is 2.27. The Morgan fingerprint density at radius 2 is 1.16 bits per heavy atom. The van der Waals surface area contributed by atoms with Crippen molar-refractivity contribution in [2.75, 3.05) is 37.0 Å².